The number of aromatic nitrogens is 2. The zero-order valence-corrected chi connectivity index (χ0v) is 17.9. The fraction of sp³-hybridized carbons (Fsp3) is 0.240. The van der Waals surface area contributed by atoms with Gasteiger partial charge in [-0.3, -0.25) is 4.79 Å². The molecule has 0 unspecified atom stereocenters. The average molecular weight is 431 g/mol. The van der Waals surface area contributed by atoms with Gasteiger partial charge in [-0.05, 0) is 43.2 Å². The summed E-state index contributed by atoms with van der Waals surface area (Å²) in [5.74, 6) is -0.209. The normalized spacial score (nSPS) is 14.7. The van der Waals surface area contributed by atoms with E-state index in [0.29, 0.717) is 29.4 Å². The van der Waals surface area contributed by atoms with Crippen LogP contribution in [0.5, 0.6) is 0 Å². The summed E-state index contributed by atoms with van der Waals surface area (Å²) >= 11 is 6.06. The predicted octanol–water partition coefficient (Wildman–Crippen LogP) is 5.50. The summed E-state index contributed by atoms with van der Waals surface area (Å²) < 4.78 is 1.77. The first-order valence-corrected chi connectivity index (χ1v) is 10.9. The Balaban J connectivity index is 1.76. The molecule has 0 bridgehead atoms. The maximum absolute atomic E-state index is 13.0. The van der Waals surface area contributed by atoms with E-state index >= 15 is 0 Å². The Kier molecular flexibility index (Phi) is 6.49. The number of halogens is 1. The highest BCUT2D eigenvalue weighted by Crippen LogP contribution is 2.27. The van der Waals surface area contributed by atoms with Crippen molar-refractivity contribution >= 4 is 23.6 Å². The molecule has 0 spiro atoms. The number of rotatable bonds is 4. The first kappa shape index (κ1) is 20.9. The van der Waals surface area contributed by atoms with Gasteiger partial charge in [0, 0.05) is 35.4 Å². The van der Waals surface area contributed by atoms with Crippen LogP contribution in [0.3, 0.4) is 0 Å². The van der Waals surface area contributed by atoms with Crippen LogP contribution in [0.1, 0.15) is 31.2 Å². The van der Waals surface area contributed by atoms with Gasteiger partial charge in [0.1, 0.15) is 11.6 Å². The lowest BCUT2D eigenvalue weighted by molar-refractivity contribution is -0.126. The molecule has 31 heavy (non-hydrogen) atoms. The van der Waals surface area contributed by atoms with Crippen LogP contribution in [0.4, 0.5) is 0 Å². The second kappa shape index (κ2) is 9.63. The number of nitriles is 1. The monoisotopic (exact) mass is 430 g/mol. The summed E-state index contributed by atoms with van der Waals surface area (Å²) in [7, 11) is 0. The highest BCUT2D eigenvalue weighted by Gasteiger charge is 2.21. The van der Waals surface area contributed by atoms with Crippen LogP contribution < -0.4 is 0 Å². The van der Waals surface area contributed by atoms with Crippen LogP contribution in [0.2, 0.25) is 5.02 Å². The lowest BCUT2D eigenvalue weighted by Gasteiger charge is -2.19. The van der Waals surface area contributed by atoms with Crippen LogP contribution in [0, 0.1) is 11.3 Å². The van der Waals surface area contributed by atoms with Crippen molar-refractivity contribution in [1.82, 2.24) is 14.7 Å². The number of carbonyl (C=O) groups is 1. The van der Waals surface area contributed by atoms with Crippen molar-refractivity contribution < 1.29 is 4.79 Å². The minimum atomic E-state index is -0.209. The molecule has 3 aromatic rings. The zero-order valence-electron chi connectivity index (χ0n) is 17.2. The fourth-order valence-corrected chi connectivity index (χ4v) is 3.91. The molecule has 0 atom stereocenters. The maximum Gasteiger partial charge on any atom is 0.264 e. The number of amides is 1. The Morgan fingerprint density at radius 1 is 1.00 bits per heavy atom. The van der Waals surface area contributed by atoms with Crippen LogP contribution in [-0.2, 0) is 4.79 Å². The number of carbonyl (C=O) groups excluding carboxylic acids is 1. The molecule has 156 valence electrons. The Bertz CT molecular complexity index is 1120. The molecule has 0 radical (unpaired) electrons. The summed E-state index contributed by atoms with van der Waals surface area (Å²) in [6.45, 7) is 1.40. The minimum Gasteiger partial charge on any atom is -0.338 e. The molecule has 4 rings (SSSR count). The molecule has 1 amide bonds. The second-order valence-corrected chi connectivity index (χ2v) is 8.03. The van der Waals surface area contributed by atoms with Crippen LogP contribution >= 0.6 is 11.6 Å². The van der Waals surface area contributed by atoms with Gasteiger partial charge < -0.3 is 4.90 Å². The number of benzene rings is 2. The first-order chi connectivity index (χ1) is 15.2. The van der Waals surface area contributed by atoms with Gasteiger partial charge in [0.05, 0.1) is 11.4 Å². The van der Waals surface area contributed by atoms with Gasteiger partial charge in [0.2, 0.25) is 0 Å². The minimum absolute atomic E-state index is 0.129. The third-order valence-electron chi connectivity index (χ3n) is 5.42. The van der Waals surface area contributed by atoms with Gasteiger partial charge in [-0.15, -0.1) is 0 Å². The van der Waals surface area contributed by atoms with Gasteiger partial charge in [-0.25, -0.2) is 4.68 Å². The summed E-state index contributed by atoms with van der Waals surface area (Å²) in [5, 5.41) is 15.2. The smallest absolute Gasteiger partial charge is 0.264 e. The lowest BCUT2D eigenvalue weighted by atomic mass is 10.1. The molecule has 2 aromatic carbocycles. The molecule has 0 aliphatic carbocycles. The Hall–Kier alpha value is -3.36. The zero-order chi connectivity index (χ0) is 21.6. The standard InChI is InChI=1S/C25H23ClN4O/c26-22-12-10-19(11-13-22)24-21(18-30(28-24)23-8-4-3-5-9-23)16-20(17-27)25(31)29-14-6-1-2-7-15-29/h3-5,8-13,16,18H,1-2,6-7,14-15H2/b20-16-. The van der Waals surface area contributed by atoms with Gasteiger partial charge in [0.15, 0.2) is 0 Å². The molecule has 0 N–H and O–H groups in total. The molecule has 1 fully saturated rings. The third-order valence-corrected chi connectivity index (χ3v) is 5.68. The Labute approximate surface area is 187 Å². The average Bonchev–Trinajstić information content (AvgIpc) is 3.03. The van der Waals surface area contributed by atoms with Crippen molar-refractivity contribution in [2.75, 3.05) is 13.1 Å². The fourth-order valence-electron chi connectivity index (χ4n) is 3.78. The van der Waals surface area contributed by atoms with Gasteiger partial charge >= 0.3 is 0 Å². The van der Waals surface area contributed by atoms with Crippen LogP contribution in [0.15, 0.2) is 66.4 Å². The lowest BCUT2D eigenvalue weighted by Crippen LogP contribution is -2.32. The SMILES string of the molecule is N#C/C(=C/c1cn(-c2ccccc2)nc1-c1ccc(Cl)cc1)C(=O)N1CCCCCC1. The van der Waals surface area contributed by atoms with Crippen molar-refractivity contribution in [3.63, 3.8) is 0 Å². The maximum atomic E-state index is 13.0. The molecule has 1 aliphatic heterocycles. The predicted molar refractivity (Wildman–Crippen MR) is 123 cm³/mol. The molecule has 1 aromatic heterocycles. The number of para-hydroxylation sites is 1. The molecule has 6 heteroatoms. The molecular formula is C25H23ClN4O. The summed E-state index contributed by atoms with van der Waals surface area (Å²) in [4.78, 5) is 14.8. The van der Waals surface area contributed by atoms with E-state index in [1.807, 2.05) is 48.7 Å². The highest BCUT2D eigenvalue weighted by molar-refractivity contribution is 6.30. The van der Waals surface area contributed by atoms with Gasteiger partial charge in [-0.2, -0.15) is 10.4 Å². The van der Waals surface area contributed by atoms with E-state index in [4.69, 9.17) is 16.7 Å². The second-order valence-electron chi connectivity index (χ2n) is 7.60. The van der Waals surface area contributed by atoms with E-state index < -0.39 is 0 Å². The topological polar surface area (TPSA) is 61.9 Å². The molecule has 1 aliphatic rings. The molecule has 1 saturated heterocycles. The summed E-state index contributed by atoms with van der Waals surface area (Å²) in [6, 6.07) is 19.3. The van der Waals surface area contributed by atoms with E-state index in [0.717, 1.165) is 36.9 Å². The highest BCUT2D eigenvalue weighted by atomic mass is 35.5. The molecule has 5 nitrogen and oxygen atoms in total. The summed E-state index contributed by atoms with van der Waals surface area (Å²) in [6.07, 6.45) is 7.72. The Morgan fingerprint density at radius 3 is 2.32 bits per heavy atom. The van der Waals surface area contributed by atoms with Gasteiger partial charge in [0.25, 0.3) is 5.91 Å². The van der Waals surface area contributed by atoms with E-state index in [9.17, 15) is 10.1 Å². The number of hydrogen-bond donors (Lipinski definition) is 0. The summed E-state index contributed by atoms with van der Waals surface area (Å²) in [5.41, 5.74) is 3.30. The van der Waals surface area contributed by atoms with E-state index in [1.165, 1.54) is 0 Å². The molecule has 0 saturated carbocycles. The third kappa shape index (κ3) is 4.87. The van der Waals surface area contributed by atoms with Crippen molar-refractivity contribution in [1.29, 1.82) is 5.26 Å². The molecular weight excluding hydrogens is 408 g/mol. The number of likely N-dealkylation sites (tertiary alicyclic amines) is 1. The molecule has 2 heterocycles. The largest absolute Gasteiger partial charge is 0.338 e. The van der Waals surface area contributed by atoms with E-state index in [1.54, 1.807) is 27.8 Å². The first-order valence-electron chi connectivity index (χ1n) is 10.5. The Morgan fingerprint density at radius 2 is 1.68 bits per heavy atom. The number of hydrogen-bond acceptors (Lipinski definition) is 3. The van der Waals surface area contributed by atoms with E-state index in [2.05, 4.69) is 6.07 Å². The number of nitrogens with zero attached hydrogens (tertiary/aromatic N) is 4. The van der Waals surface area contributed by atoms with Crippen LogP contribution in [0.25, 0.3) is 23.0 Å². The van der Waals surface area contributed by atoms with Crippen molar-refractivity contribution in [3.8, 4) is 23.0 Å². The van der Waals surface area contributed by atoms with Crippen LogP contribution in [-0.4, -0.2) is 33.7 Å². The quantitative estimate of drug-likeness (QED) is 0.405. The van der Waals surface area contributed by atoms with Crippen molar-refractivity contribution in [2.45, 2.75) is 25.7 Å². The van der Waals surface area contributed by atoms with Gasteiger partial charge in [-0.1, -0.05) is 54.8 Å². The van der Waals surface area contributed by atoms with Crippen molar-refractivity contribution in [2.24, 2.45) is 0 Å². The van der Waals surface area contributed by atoms with E-state index in [-0.39, 0.29) is 11.5 Å². The van der Waals surface area contributed by atoms with Crippen molar-refractivity contribution in [3.05, 3.63) is 77.0 Å².